The number of hydrogen-bond acceptors (Lipinski definition) is 3. The summed E-state index contributed by atoms with van der Waals surface area (Å²) < 4.78 is 5.66. The van der Waals surface area contributed by atoms with Gasteiger partial charge in [0.25, 0.3) is 0 Å². The lowest BCUT2D eigenvalue weighted by atomic mass is 10.0. The number of nitrogens with zero attached hydrogens (tertiary/aromatic N) is 1. The van der Waals surface area contributed by atoms with Crippen LogP contribution in [0.1, 0.15) is 31.9 Å². The quantitative estimate of drug-likeness (QED) is 0.836. The fraction of sp³-hybridized carbons (Fsp3) is 0.647. The Labute approximate surface area is 133 Å². The van der Waals surface area contributed by atoms with E-state index in [2.05, 4.69) is 43.2 Å². The zero-order valence-electron chi connectivity index (χ0n) is 13.3. The van der Waals surface area contributed by atoms with E-state index in [0.29, 0.717) is 18.0 Å². The first-order chi connectivity index (χ1) is 10.1. The predicted octanol–water partition coefficient (Wildman–Crippen LogP) is 3.35. The van der Waals surface area contributed by atoms with Gasteiger partial charge in [0.15, 0.2) is 0 Å². The summed E-state index contributed by atoms with van der Waals surface area (Å²) in [7, 11) is 2.19. The van der Waals surface area contributed by atoms with Gasteiger partial charge in [0, 0.05) is 29.6 Å². The van der Waals surface area contributed by atoms with Crippen LogP contribution < -0.4 is 5.32 Å². The van der Waals surface area contributed by atoms with Crippen LogP contribution in [0.15, 0.2) is 24.3 Å². The Morgan fingerprint density at radius 1 is 1.33 bits per heavy atom. The van der Waals surface area contributed by atoms with E-state index in [1.807, 2.05) is 12.1 Å². The van der Waals surface area contributed by atoms with Crippen molar-refractivity contribution in [1.29, 1.82) is 0 Å². The van der Waals surface area contributed by atoms with Crippen molar-refractivity contribution in [2.75, 3.05) is 33.4 Å². The van der Waals surface area contributed by atoms with Gasteiger partial charge in [-0.15, -0.1) is 0 Å². The van der Waals surface area contributed by atoms with Crippen molar-refractivity contribution in [2.24, 2.45) is 5.92 Å². The van der Waals surface area contributed by atoms with Crippen molar-refractivity contribution >= 4 is 11.6 Å². The molecule has 1 heterocycles. The number of nitrogens with one attached hydrogen (secondary N) is 1. The van der Waals surface area contributed by atoms with Crippen molar-refractivity contribution in [3.63, 3.8) is 0 Å². The number of benzene rings is 1. The number of hydrogen-bond donors (Lipinski definition) is 1. The van der Waals surface area contributed by atoms with Crippen LogP contribution in [0, 0.1) is 5.92 Å². The Kier molecular flexibility index (Phi) is 6.49. The maximum absolute atomic E-state index is 5.96. The molecule has 1 aromatic rings. The van der Waals surface area contributed by atoms with Crippen LogP contribution in [0.2, 0.25) is 5.02 Å². The molecule has 1 fully saturated rings. The molecule has 0 radical (unpaired) electrons. The first kappa shape index (κ1) is 16.8. The maximum Gasteiger partial charge on any atom is 0.0623 e. The zero-order chi connectivity index (χ0) is 15.2. The maximum atomic E-state index is 5.96. The molecule has 1 aromatic carbocycles. The molecule has 21 heavy (non-hydrogen) atoms. The molecule has 3 atom stereocenters. The van der Waals surface area contributed by atoms with E-state index in [9.17, 15) is 0 Å². The second-order valence-corrected chi connectivity index (χ2v) is 6.46. The highest BCUT2D eigenvalue weighted by Crippen LogP contribution is 2.23. The van der Waals surface area contributed by atoms with Crippen molar-refractivity contribution in [2.45, 2.75) is 32.4 Å². The fourth-order valence-corrected chi connectivity index (χ4v) is 2.98. The highest BCUT2D eigenvalue weighted by atomic mass is 35.5. The summed E-state index contributed by atoms with van der Waals surface area (Å²) in [5, 5.41) is 4.40. The fourth-order valence-electron chi connectivity index (χ4n) is 2.86. The molecule has 3 nitrogen and oxygen atoms in total. The van der Waals surface area contributed by atoms with Crippen LogP contribution in [0.4, 0.5) is 0 Å². The lowest BCUT2D eigenvalue weighted by Crippen LogP contribution is -2.41. The Bertz CT molecular complexity index is 423. The van der Waals surface area contributed by atoms with Gasteiger partial charge in [0.1, 0.15) is 0 Å². The molecule has 1 saturated heterocycles. The van der Waals surface area contributed by atoms with Crippen molar-refractivity contribution in [3.05, 3.63) is 34.9 Å². The molecular weight excluding hydrogens is 284 g/mol. The van der Waals surface area contributed by atoms with Gasteiger partial charge in [-0.05, 0) is 44.6 Å². The number of halogens is 1. The second-order valence-electron chi connectivity index (χ2n) is 6.03. The summed E-state index contributed by atoms with van der Waals surface area (Å²) in [6.45, 7) is 8.26. The van der Waals surface area contributed by atoms with Gasteiger partial charge in [0.05, 0.1) is 13.2 Å². The van der Waals surface area contributed by atoms with E-state index in [-0.39, 0.29) is 0 Å². The molecule has 2 rings (SSSR count). The summed E-state index contributed by atoms with van der Waals surface area (Å²) in [6.07, 6.45) is 1.17. The van der Waals surface area contributed by atoms with E-state index >= 15 is 0 Å². The standard InChI is InChI=1S/C17H27ClN2O/c1-4-9-19-17-12-21-11-15(17)10-20(3)13(2)14-5-7-16(18)8-6-14/h5-8,13,15,17,19H,4,9-12H2,1-3H3. The average molecular weight is 311 g/mol. The normalized spacial score (nSPS) is 23.7. The van der Waals surface area contributed by atoms with E-state index in [4.69, 9.17) is 16.3 Å². The highest BCUT2D eigenvalue weighted by molar-refractivity contribution is 6.30. The number of ether oxygens (including phenoxy) is 1. The molecule has 3 unspecified atom stereocenters. The van der Waals surface area contributed by atoms with Crippen LogP contribution in [-0.4, -0.2) is 44.3 Å². The summed E-state index contributed by atoms with van der Waals surface area (Å²) in [6, 6.07) is 9.03. The van der Waals surface area contributed by atoms with Gasteiger partial charge < -0.3 is 10.1 Å². The van der Waals surface area contributed by atoms with Crippen LogP contribution in [0.5, 0.6) is 0 Å². The van der Waals surface area contributed by atoms with Crippen LogP contribution in [-0.2, 0) is 4.74 Å². The van der Waals surface area contributed by atoms with Gasteiger partial charge >= 0.3 is 0 Å². The third-order valence-corrected chi connectivity index (χ3v) is 4.64. The van der Waals surface area contributed by atoms with Crippen molar-refractivity contribution in [1.82, 2.24) is 10.2 Å². The lowest BCUT2D eigenvalue weighted by Gasteiger charge is -2.29. The molecule has 4 heteroatoms. The van der Waals surface area contributed by atoms with Crippen molar-refractivity contribution < 1.29 is 4.74 Å². The van der Waals surface area contributed by atoms with Gasteiger partial charge in [-0.1, -0.05) is 30.7 Å². The predicted molar refractivity (Wildman–Crippen MR) is 88.9 cm³/mol. The minimum absolute atomic E-state index is 0.384. The summed E-state index contributed by atoms with van der Waals surface area (Å²) in [5.41, 5.74) is 1.30. The SMILES string of the molecule is CCCNC1COCC1CN(C)C(C)c1ccc(Cl)cc1. The minimum atomic E-state index is 0.384. The van der Waals surface area contributed by atoms with E-state index in [1.165, 1.54) is 12.0 Å². The molecule has 0 bridgehead atoms. The summed E-state index contributed by atoms with van der Waals surface area (Å²) in [5.74, 6) is 0.566. The third kappa shape index (κ3) is 4.68. The molecular formula is C17H27ClN2O. The molecule has 0 aliphatic carbocycles. The Morgan fingerprint density at radius 2 is 2.05 bits per heavy atom. The summed E-state index contributed by atoms with van der Waals surface area (Å²) >= 11 is 5.96. The van der Waals surface area contributed by atoms with E-state index in [0.717, 1.165) is 31.3 Å². The molecule has 1 aliphatic rings. The molecule has 0 amide bonds. The average Bonchev–Trinajstić information content (AvgIpc) is 2.92. The first-order valence-corrected chi connectivity index (χ1v) is 8.26. The minimum Gasteiger partial charge on any atom is -0.379 e. The zero-order valence-corrected chi connectivity index (χ0v) is 14.1. The smallest absolute Gasteiger partial charge is 0.0623 e. The topological polar surface area (TPSA) is 24.5 Å². The third-order valence-electron chi connectivity index (χ3n) is 4.39. The van der Waals surface area contributed by atoms with E-state index in [1.54, 1.807) is 0 Å². The molecule has 1 N–H and O–H groups in total. The number of rotatable bonds is 7. The molecule has 0 spiro atoms. The molecule has 118 valence electrons. The molecule has 1 aliphatic heterocycles. The van der Waals surface area contributed by atoms with Crippen molar-refractivity contribution in [3.8, 4) is 0 Å². The van der Waals surface area contributed by atoms with Gasteiger partial charge in [-0.25, -0.2) is 0 Å². The van der Waals surface area contributed by atoms with Gasteiger partial charge in [0.2, 0.25) is 0 Å². The highest BCUT2D eigenvalue weighted by Gasteiger charge is 2.29. The van der Waals surface area contributed by atoms with E-state index < -0.39 is 0 Å². The Morgan fingerprint density at radius 3 is 2.71 bits per heavy atom. The van der Waals surface area contributed by atoms with Gasteiger partial charge in [-0.3, -0.25) is 4.90 Å². The Hall–Kier alpha value is -0.610. The van der Waals surface area contributed by atoms with Gasteiger partial charge in [-0.2, -0.15) is 0 Å². The largest absolute Gasteiger partial charge is 0.379 e. The first-order valence-electron chi connectivity index (χ1n) is 7.88. The lowest BCUT2D eigenvalue weighted by molar-refractivity contribution is 0.164. The monoisotopic (exact) mass is 310 g/mol. The molecule has 0 saturated carbocycles. The van der Waals surface area contributed by atoms with Crippen LogP contribution >= 0.6 is 11.6 Å². The molecule has 0 aromatic heterocycles. The van der Waals surface area contributed by atoms with Crippen LogP contribution in [0.25, 0.3) is 0 Å². The van der Waals surface area contributed by atoms with Crippen LogP contribution in [0.3, 0.4) is 0 Å². The summed E-state index contributed by atoms with van der Waals surface area (Å²) in [4.78, 5) is 2.41. The Balaban J connectivity index is 1.90. The second kappa shape index (κ2) is 8.14.